The van der Waals surface area contributed by atoms with Crippen LogP contribution in [0.2, 0.25) is 0 Å². The Hall–Kier alpha value is -0.660. The van der Waals surface area contributed by atoms with Crippen LogP contribution in [-0.2, 0) is 10.2 Å². The van der Waals surface area contributed by atoms with E-state index in [0.29, 0.717) is 17.6 Å². The lowest BCUT2D eigenvalue weighted by Crippen LogP contribution is -2.40. The molecule has 2 rings (SSSR count). The highest BCUT2D eigenvalue weighted by molar-refractivity contribution is 9.10. The molecule has 0 atom stereocenters. The average Bonchev–Trinajstić information content (AvgIpc) is 2.82. The van der Waals surface area contributed by atoms with Gasteiger partial charge in [0.15, 0.2) is 0 Å². The van der Waals surface area contributed by atoms with Crippen LogP contribution in [0.1, 0.15) is 12.8 Å². The second kappa shape index (κ2) is 5.14. The van der Waals surface area contributed by atoms with E-state index in [1.54, 1.807) is 6.07 Å². The van der Waals surface area contributed by atoms with Crippen molar-refractivity contribution in [3.05, 3.63) is 28.5 Å². The van der Waals surface area contributed by atoms with Crippen LogP contribution in [0, 0.1) is 5.82 Å². The Bertz CT molecular complexity index is 544. The van der Waals surface area contributed by atoms with Crippen LogP contribution in [0.5, 0.6) is 0 Å². The lowest BCUT2D eigenvalue weighted by atomic mass is 10.3. The molecule has 1 aromatic carbocycles. The number of anilines is 1. The topological polar surface area (TPSA) is 40.6 Å². The van der Waals surface area contributed by atoms with Crippen LogP contribution in [-0.4, -0.2) is 32.9 Å². The molecule has 1 aliphatic heterocycles. The maximum atomic E-state index is 13.8. The Labute approximate surface area is 115 Å². The highest BCUT2D eigenvalue weighted by atomic mass is 79.9. The fourth-order valence-electron chi connectivity index (χ4n) is 1.95. The lowest BCUT2D eigenvalue weighted by molar-refractivity contribution is 0.475. The van der Waals surface area contributed by atoms with Gasteiger partial charge in [-0.2, -0.15) is 12.7 Å². The Morgan fingerprint density at radius 2 is 1.94 bits per heavy atom. The van der Waals surface area contributed by atoms with Gasteiger partial charge in [-0.3, -0.25) is 4.31 Å². The quantitative estimate of drug-likeness (QED) is 0.850. The van der Waals surface area contributed by atoms with Crippen LogP contribution in [0.3, 0.4) is 0 Å². The van der Waals surface area contributed by atoms with Gasteiger partial charge >= 0.3 is 10.2 Å². The molecule has 0 spiro atoms. The van der Waals surface area contributed by atoms with Crippen molar-refractivity contribution in [1.82, 2.24) is 4.31 Å². The zero-order valence-electron chi connectivity index (χ0n) is 9.94. The van der Waals surface area contributed by atoms with E-state index < -0.39 is 16.0 Å². The van der Waals surface area contributed by atoms with Crippen LogP contribution >= 0.6 is 15.9 Å². The molecule has 0 N–H and O–H groups in total. The lowest BCUT2D eigenvalue weighted by Gasteiger charge is -2.25. The second-order valence-electron chi connectivity index (χ2n) is 4.18. The molecule has 0 saturated carbocycles. The van der Waals surface area contributed by atoms with Crippen molar-refractivity contribution in [2.45, 2.75) is 12.8 Å². The van der Waals surface area contributed by atoms with E-state index in [-0.39, 0.29) is 5.69 Å². The molecule has 0 radical (unpaired) electrons. The molecule has 1 fully saturated rings. The zero-order valence-corrected chi connectivity index (χ0v) is 12.3. The van der Waals surface area contributed by atoms with E-state index in [2.05, 4.69) is 15.9 Å². The third-order valence-electron chi connectivity index (χ3n) is 2.99. The zero-order chi connectivity index (χ0) is 13.3. The maximum absolute atomic E-state index is 13.8. The van der Waals surface area contributed by atoms with Crippen molar-refractivity contribution in [3.63, 3.8) is 0 Å². The molecule has 4 nitrogen and oxygen atoms in total. The van der Waals surface area contributed by atoms with Crippen molar-refractivity contribution < 1.29 is 12.8 Å². The van der Waals surface area contributed by atoms with E-state index in [9.17, 15) is 12.8 Å². The van der Waals surface area contributed by atoms with Gasteiger partial charge in [-0.1, -0.05) is 15.9 Å². The summed E-state index contributed by atoms with van der Waals surface area (Å²) in [5.74, 6) is -0.561. The van der Waals surface area contributed by atoms with E-state index in [4.69, 9.17) is 0 Å². The van der Waals surface area contributed by atoms with E-state index in [1.165, 1.54) is 23.5 Å². The number of nitrogens with zero attached hydrogens (tertiary/aromatic N) is 2. The summed E-state index contributed by atoms with van der Waals surface area (Å²) in [5.41, 5.74) is 0.0603. The predicted octanol–water partition coefficient (Wildman–Crippen LogP) is 2.37. The number of halogens is 2. The summed E-state index contributed by atoms with van der Waals surface area (Å²) in [4.78, 5) is 0. The highest BCUT2D eigenvalue weighted by Crippen LogP contribution is 2.26. The van der Waals surface area contributed by atoms with Gasteiger partial charge < -0.3 is 0 Å². The molecule has 0 bridgehead atoms. The first-order chi connectivity index (χ1) is 8.43. The van der Waals surface area contributed by atoms with Crippen molar-refractivity contribution in [3.8, 4) is 0 Å². The first-order valence-electron chi connectivity index (χ1n) is 5.62. The number of rotatable bonds is 3. The minimum atomic E-state index is -3.62. The molecule has 1 aliphatic rings. The summed E-state index contributed by atoms with van der Waals surface area (Å²) in [7, 11) is -2.24. The molecule has 0 unspecified atom stereocenters. The Kier molecular flexibility index (Phi) is 3.93. The summed E-state index contributed by atoms with van der Waals surface area (Å²) in [6.07, 6.45) is 1.71. The van der Waals surface area contributed by atoms with Gasteiger partial charge in [-0.25, -0.2) is 4.39 Å². The van der Waals surface area contributed by atoms with Gasteiger partial charge in [0.05, 0.1) is 5.69 Å². The molecule has 18 heavy (non-hydrogen) atoms. The molecular weight excluding hydrogens is 323 g/mol. The standard InChI is InChI=1S/C11H14BrFN2O2S/c1-14(11-5-4-9(12)8-10(11)13)18(16,17)15-6-2-3-7-15/h4-5,8H,2-3,6-7H2,1H3. The monoisotopic (exact) mass is 336 g/mol. The Balaban J connectivity index is 2.32. The highest BCUT2D eigenvalue weighted by Gasteiger charge is 2.30. The average molecular weight is 337 g/mol. The van der Waals surface area contributed by atoms with Gasteiger partial charge in [0.25, 0.3) is 0 Å². The van der Waals surface area contributed by atoms with Gasteiger partial charge in [-0.15, -0.1) is 0 Å². The van der Waals surface area contributed by atoms with E-state index in [0.717, 1.165) is 17.1 Å². The largest absolute Gasteiger partial charge is 0.303 e. The molecule has 1 saturated heterocycles. The number of hydrogen-bond acceptors (Lipinski definition) is 2. The molecule has 0 aliphatic carbocycles. The number of benzene rings is 1. The second-order valence-corrected chi connectivity index (χ2v) is 7.05. The fourth-order valence-corrected chi connectivity index (χ4v) is 3.75. The van der Waals surface area contributed by atoms with Crippen molar-refractivity contribution >= 4 is 31.8 Å². The summed E-state index contributed by atoms with van der Waals surface area (Å²) >= 11 is 3.14. The first kappa shape index (κ1) is 13.8. The summed E-state index contributed by atoms with van der Waals surface area (Å²) in [5, 5.41) is 0. The molecule has 0 aromatic heterocycles. The molecular formula is C11H14BrFN2O2S. The van der Waals surface area contributed by atoms with Crippen LogP contribution in [0.4, 0.5) is 10.1 Å². The van der Waals surface area contributed by atoms with Crippen molar-refractivity contribution in [1.29, 1.82) is 0 Å². The third kappa shape index (κ3) is 2.53. The van der Waals surface area contributed by atoms with Gasteiger partial charge in [0, 0.05) is 24.6 Å². The molecule has 7 heteroatoms. The first-order valence-corrected chi connectivity index (χ1v) is 7.81. The normalized spacial score (nSPS) is 17.1. The van der Waals surface area contributed by atoms with Gasteiger partial charge in [-0.05, 0) is 31.0 Å². The molecule has 0 amide bonds. The van der Waals surface area contributed by atoms with E-state index >= 15 is 0 Å². The Morgan fingerprint density at radius 1 is 1.33 bits per heavy atom. The van der Waals surface area contributed by atoms with Gasteiger partial charge in [0.2, 0.25) is 0 Å². The van der Waals surface area contributed by atoms with Gasteiger partial charge in [0.1, 0.15) is 5.82 Å². The minimum Gasteiger partial charge on any atom is -0.258 e. The summed E-state index contributed by atoms with van der Waals surface area (Å²) in [6, 6.07) is 4.33. The van der Waals surface area contributed by atoms with Crippen LogP contribution in [0.25, 0.3) is 0 Å². The number of hydrogen-bond donors (Lipinski definition) is 0. The van der Waals surface area contributed by atoms with Crippen molar-refractivity contribution in [2.75, 3.05) is 24.4 Å². The predicted molar refractivity (Wildman–Crippen MR) is 72.2 cm³/mol. The smallest absolute Gasteiger partial charge is 0.258 e. The fraction of sp³-hybridized carbons (Fsp3) is 0.455. The molecule has 100 valence electrons. The SMILES string of the molecule is CN(c1ccc(Br)cc1F)S(=O)(=O)N1CCCC1. The summed E-state index contributed by atoms with van der Waals surface area (Å²) < 4.78 is 41.2. The summed E-state index contributed by atoms with van der Waals surface area (Å²) in [6.45, 7) is 1.01. The third-order valence-corrected chi connectivity index (χ3v) is 5.39. The molecule has 1 heterocycles. The Morgan fingerprint density at radius 3 is 2.50 bits per heavy atom. The maximum Gasteiger partial charge on any atom is 0.303 e. The van der Waals surface area contributed by atoms with Crippen LogP contribution in [0.15, 0.2) is 22.7 Å². The molecule has 1 aromatic rings. The van der Waals surface area contributed by atoms with Crippen molar-refractivity contribution in [2.24, 2.45) is 0 Å². The van der Waals surface area contributed by atoms with E-state index in [1.807, 2.05) is 0 Å². The van der Waals surface area contributed by atoms with Crippen LogP contribution < -0.4 is 4.31 Å². The minimum absolute atomic E-state index is 0.0603.